The van der Waals surface area contributed by atoms with Gasteiger partial charge in [-0.2, -0.15) is 0 Å². The van der Waals surface area contributed by atoms with Crippen molar-refractivity contribution in [1.82, 2.24) is 10.3 Å². The van der Waals surface area contributed by atoms with Crippen molar-refractivity contribution in [3.05, 3.63) is 86.3 Å². The second-order valence-electron chi connectivity index (χ2n) is 5.91. The molecule has 3 aromatic rings. The first-order chi connectivity index (χ1) is 12.1. The zero-order chi connectivity index (χ0) is 17.6. The van der Waals surface area contributed by atoms with Gasteiger partial charge in [-0.25, -0.2) is 4.98 Å². The molecule has 0 spiro atoms. The van der Waals surface area contributed by atoms with Crippen LogP contribution in [0.15, 0.2) is 64.5 Å². The molecule has 128 valence electrons. The number of hydrogen-bond donors (Lipinski definition) is 1. The van der Waals surface area contributed by atoms with Crippen LogP contribution in [0.4, 0.5) is 0 Å². The van der Waals surface area contributed by atoms with E-state index in [1.54, 1.807) is 11.3 Å². The Morgan fingerprint density at radius 3 is 2.60 bits per heavy atom. The van der Waals surface area contributed by atoms with E-state index in [1.165, 1.54) is 5.56 Å². The van der Waals surface area contributed by atoms with Gasteiger partial charge in [0.25, 0.3) is 0 Å². The standard InChI is InChI=1S/C20H19BrN2OS/c1-14(16-7-9-17(21)10-8-16)22-19(24)12-18-13-25-20(23-18)11-15-5-3-2-4-6-15/h2-10,13-14H,11-12H2,1H3,(H,22,24). The smallest absolute Gasteiger partial charge is 0.226 e. The number of carbonyl (C=O) groups is 1. The van der Waals surface area contributed by atoms with Gasteiger partial charge < -0.3 is 5.32 Å². The summed E-state index contributed by atoms with van der Waals surface area (Å²) < 4.78 is 1.03. The van der Waals surface area contributed by atoms with Crippen molar-refractivity contribution in [3.63, 3.8) is 0 Å². The Hall–Kier alpha value is -1.98. The van der Waals surface area contributed by atoms with Crippen molar-refractivity contribution in [2.24, 2.45) is 0 Å². The third-order valence-electron chi connectivity index (χ3n) is 3.89. The summed E-state index contributed by atoms with van der Waals surface area (Å²) in [7, 11) is 0. The summed E-state index contributed by atoms with van der Waals surface area (Å²) in [6.07, 6.45) is 1.12. The number of nitrogens with zero attached hydrogens (tertiary/aromatic N) is 1. The van der Waals surface area contributed by atoms with Gasteiger partial charge in [-0.1, -0.05) is 58.4 Å². The summed E-state index contributed by atoms with van der Waals surface area (Å²) in [5, 5.41) is 6.04. The van der Waals surface area contributed by atoms with E-state index >= 15 is 0 Å². The molecule has 1 N–H and O–H groups in total. The van der Waals surface area contributed by atoms with Gasteiger partial charge >= 0.3 is 0 Å². The number of aromatic nitrogens is 1. The van der Waals surface area contributed by atoms with E-state index in [1.807, 2.05) is 54.8 Å². The van der Waals surface area contributed by atoms with Crippen molar-refractivity contribution in [3.8, 4) is 0 Å². The number of carbonyl (C=O) groups excluding carboxylic acids is 1. The van der Waals surface area contributed by atoms with Gasteiger partial charge in [0, 0.05) is 16.3 Å². The first-order valence-electron chi connectivity index (χ1n) is 8.12. The molecule has 0 bridgehead atoms. The Kier molecular flexibility index (Phi) is 6.00. The van der Waals surface area contributed by atoms with Crippen molar-refractivity contribution >= 4 is 33.2 Å². The normalized spacial score (nSPS) is 11.9. The Bertz CT molecular complexity index is 830. The predicted octanol–water partition coefficient (Wildman–Crippen LogP) is 4.92. The fraction of sp³-hybridized carbons (Fsp3) is 0.200. The van der Waals surface area contributed by atoms with Crippen LogP contribution >= 0.6 is 27.3 Å². The largest absolute Gasteiger partial charge is 0.349 e. The molecule has 0 aliphatic heterocycles. The maximum Gasteiger partial charge on any atom is 0.226 e. The Morgan fingerprint density at radius 2 is 1.88 bits per heavy atom. The number of rotatable bonds is 6. The molecule has 0 radical (unpaired) electrons. The van der Waals surface area contributed by atoms with Crippen LogP contribution < -0.4 is 5.32 Å². The van der Waals surface area contributed by atoms with E-state index < -0.39 is 0 Å². The van der Waals surface area contributed by atoms with E-state index in [-0.39, 0.29) is 11.9 Å². The minimum atomic E-state index is -0.0250. The highest BCUT2D eigenvalue weighted by Crippen LogP contribution is 2.18. The molecule has 0 aliphatic rings. The zero-order valence-corrected chi connectivity index (χ0v) is 16.3. The molecule has 0 saturated heterocycles. The van der Waals surface area contributed by atoms with Crippen molar-refractivity contribution in [2.75, 3.05) is 0 Å². The maximum absolute atomic E-state index is 12.3. The molecule has 1 unspecified atom stereocenters. The van der Waals surface area contributed by atoms with Crippen molar-refractivity contribution < 1.29 is 4.79 Å². The zero-order valence-electron chi connectivity index (χ0n) is 13.9. The molecular weight excluding hydrogens is 396 g/mol. The lowest BCUT2D eigenvalue weighted by molar-refractivity contribution is -0.121. The molecule has 2 aromatic carbocycles. The summed E-state index contributed by atoms with van der Waals surface area (Å²) in [5.41, 5.74) is 3.15. The van der Waals surface area contributed by atoms with E-state index in [4.69, 9.17) is 0 Å². The predicted molar refractivity (Wildman–Crippen MR) is 106 cm³/mol. The number of thiazole rings is 1. The maximum atomic E-state index is 12.3. The van der Waals surface area contributed by atoms with Crippen molar-refractivity contribution in [1.29, 1.82) is 0 Å². The summed E-state index contributed by atoms with van der Waals surface area (Å²) in [5.74, 6) is -0.00743. The van der Waals surface area contributed by atoms with E-state index in [2.05, 4.69) is 38.4 Å². The summed E-state index contributed by atoms with van der Waals surface area (Å²) in [6, 6.07) is 18.2. The monoisotopic (exact) mass is 414 g/mol. The molecule has 3 rings (SSSR count). The van der Waals surface area contributed by atoms with Gasteiger partial charge in [0.15, 0.2) is 0 Å². The highest BCUT2D eigenvalue weighted by Gasteiger charge is 2.12. The van der Waals surface area contributed by atoms with Crippen LogP contribution in [0.2, 0.25) is 0 Å². The molecule has 25 heavy (non-hydrogen) atoms. The summed E-state index contributed by atoms with van der Waals surface area (Å²) in [6.45, 7) is 1.99. The average Bonchev–Trinajstić information content (AvgIpc) is 3.03. The molecule has 1 heterocycles. The molecular formula is C20H19BrN2OS. The van der Waals surface area contributed by atoms with Gasteiger partial charge in [0.05, 0.1) is 23.2 Å². The van der Waals surface area contributed by atoms with Crippen LogP contribution in [0.5, 0.6) is 0 Å². The van der Waals surface area contributed by atoms with Gasteiger partial charge in [-0.3, -0.25) is 4.79 Å². The molecule has 3 nitrogen and oxygen atoms in total. The lowest BCUT2D eigenvalue weighted by Crippen LogP contribution is -2.28. The van der Waals surface area contributed by atoms with Crippen LogP contribution in [-0.2, 0) is 17.6 Å². The van der Waals surface area contributed by atoms with E-state index in [0.717, 1.165) is 27.2 Å². The van der Waals surface area contributed by atoms with Crippen LogP contribution in [-0.4, -0.2) is 10.9 Å². The molecule has 1 amide bonds. The highest BCUT2D eigenvalue weighted by molar-refractivity contribution is 9.10. The van der Waals surface area contributed by atoms with Gasteiger partial charge in [0.2, 0.25) is 5.91 Å². The summed E-state index contributed by atoms with van der Waals surface area (Å²) >= 11 is 5.03. The molecule has 1 aromatic heterocycles. The van der Waals surface area contributed by atoms with Crippen molar-refractivity contribution in [2.45, 2.75) is 25.8 Å². The number of hydrogen-bond acceptors (Lipinski definition) is 3. The first-order valence-corrected chi connectivity index (χ1v) is 9.79. The van der Waals surface area contributed by atoms with Gasteiger partial charge in [-0.15, -0.1) is 11.3 Å². The van der Waals surface area contributed by atoms with Crippen LogP contribution in [0.25, 0.3) is 0 Å². The van der Waals surface area contributed by atoms with E-state index in [9.17, 15) is 4.79 Å². The van der Waals surface area contributed by atoms with Crippen LogP contribution in [0.3, 0.4) is 0 Å². The fourth-order valence-electron chi connectivity index (χ4n) is 2.57. The Labute approximate surface area is 160 Å². The molecule has 5 heteroatoms. The SMILES string of the molecule is CC(NC(=O)Cc1csc(Cc2ccccc2)n1)c1ccc(Br)cc1. The molecule has 0 saturated carbocycles. The number of nitrogens with one attached hydrogen (secondary N) is 1. The minimum Gasteiger partial charge on any atom is -0.349 e. The highest BCUT2D eigenvalue weighted by atomic mass is 79.9. The van der Waals surface area contributed by atoms with E-state index in [0.29, 0.717) is 6.42 Å². The Balaban J connectivity index is 1.55. The fourth-order valence-corrected chi connectivity index (χ4v) is 3.67. The Morgan fingerprint density at radius 1 is 1.16 bits per heavy atom. The lowest BCUT2D eigenvalue weighted by Gasteiger charge is -2.14. The van der Waals surface area contributed by atoms with Gasteiger partial charge in [-0.05, 0) is 30.2 Å². The third kappa shape index (κ3) is 5.25. The topological polar surface area (TPSA) is 42.0 Å². The quantitative estimate of drug-likeness (QED) is 0.621. The molecule has 1 atom stereocenters. The number of halogens is 1. The second kappa shape index (κ2) is 8.41. The van der Waals surface area contributed by atoms with Crippen LogP contribution in [0.1, 0.15) is 34.8 Å². The molecule has 0 aliphatic carbocycles. The van der Waals surface area contributed by atoms with Crippen LogP contribution in [0, 0.1) is 0 Å². The third-order valence-corrected chi connectivity index (χ3v) is 5.31. The second-order valence-corrected chi connectivity index (χ2v) is 7.77. The number of amides is 1. The molecule has 0 fully saturated rings. The minimum absolute atomic E-state index is 0.00743. The average molecular weight is 415 g/mol. The number of benzene rings is 2. The lowest BCUT2D eigenvalue weighted by atomic mass is 10.1. The van der Waals surface area contributed by atoms with Gasteiger partial charge in [0.1, 0.15) is 0 Å². The summed E-state index contributed by atoms with van der Waals surface area (Å²) in [4.78, 5) is 16.9. The first kappa shape index (κ1) is 17.8.